The molecule has 5 unspecified atom stereocenters. The Morgan fingerprint density at radius 1 is 1.00 bits per heavy atom. The number of aldehydes is 1. The number of sulfonamides is 1. The van der Waals surface area contributed by atoms with Crippen LogP contribution >= 0.6 is 11.6 Å². The number of benzene rings is 2. The molecule has 41 heavy (non-hydrogen) atoms. The Morgan fingerprint density at radius 3 is 2.59 bits per heavy atom. The first-order chi connectivity index (χ1) is 19.7. The average molecular weight is 601 g/mol. The van der Waals surface area contributed by atoms with Crippen LogP contribution in [0.4, 0.5) is 5.69 Å². The summed E-state index contributed by atoms with van der Waals surface area (Å²) in [5.41, 5.74) is 3.32. The summed E-state index contributed by atoms with van der Waals surface area (Å²) in [4.78, 5) is 27.8. The molecule has 5 rings (SSSR count). The van der Waals surface area contributed by atoms with Crippen LogP contribution in [0.2, 0.25) is 5.02 Å². The Labute approximate surface area is 249 Å². The van der Waals surface area contributed by atoms with E-state index in [9.17, 15) is 18.0 Å². The lowest BCUT2D eigenvalue weighted by atomic mass is 9.66. The van der Waals surface area contributed by atoms with Crippen molar-refractivity contribution < 1.29 is 22.7 Å². The average Bonchev–Trinajstić information content (AvgIpc) is 2.96. The molecule has 1 aliphatic carbocycles. The highest BCUT2D eigenvalue weighted by molar-refractivity contribution is 7.90. The van der Waals surface area contributed by atoms with Gasteiger partial charge in [0.25, 0.3) is 5.91 Å². The van der Waals surface area contributed by atoms with Crippen LogP contribution in [0.1, 0.15) is 80.3 Å². The predicted octanol–water partition coefficient (Wildman–Crippen LogP) is 6.17. The maximum atomic E-state index is 13.3. The number of nitrogens with zero attached hydrogens (tertiary/aromatic N) is 1. The van der Waals surface area contributed by atoms with Crippen molar-refractivity contribution in [2.24, 2.45) is 23.7 Å². The van der Waals surface area contributed by atoms with Gasteiger partial charge >= 0.3 is 0 Å². The van der Waals surface area contributed by atoms with Gasteiger partial charge in [0.1, 0.15) is 18.6 Å². The molecule has 9 heteroatoms. The Kier molecular flexibility index (Phi) is 9.29. The van der Waals surface area contributed by atoms with E-state index in [1.165, 1.54) is 5.56 Å². The highest BCUT2D eigenvalue weighted by atomic mass is 35.5. The fourth-order valence-electron chi connectivity index (χ4n) is 6.63. The molecule has 1 amide bonds. The number of aryl methyl sites for hydroxylation is 1. The molecular formula is C32H41ClN2O5S. The zero-order valence-corrected chi connectivity index (χ0v) is 25.6. The maximum Gasteiger partial charge on any atom is 0.264 e. The van der Waals surface area contributed by atoms with E-state index in [1.54, 1.807) is 25.1 Å². The van der Waals surface area contributed by atoms with Crippen LogP contribution < -0.4 is 14.4 Å². The summed E-state index contributed by atoms with van der Waals surface area (Å²) >= 11 is 6.30. The molecule has 1 N–H and O–H groups in total. The van der Waals surface area contributed by atoms with Gasteiger partial charge in [0.15, 0.2) is 0 Å². The Bertz CT molecular complexity index is 1380. The molecule has 0 saturated heterocycles. The van der Waals surface area contributed by atoms with Crippen LogP contribution in [0.3, 0.4) is 0 Å². The van der Waals surface area contributed by atoms with Gasteiger partial charge in [-0.05, 0) is 111 Å². The van der Waals surface area contributed by atoms with Crippen molar-refractivity contribution in [1.29, 1.82) is 0 Å². The topological polar surface area (TPSA) is 92.8 Å². The number of rotatable bonds is 1. The van der Waals surface area contributed by atoms with Crippen molar-refractivity contribution in [2.45, 2.75) is 77.1 Å². The number of ether oxygens (including phenoxy) is 1. The number of carbonyl (C=O) groups excluding carboxylic acids is 2. The van der Waals surface area contributed by atoms with Crippen LogP contribution in [0.25, 0.3) is 0 Å². The van der Waals surface area contributed by atoms with Crippen molar-refractivity contribution in [1.82, 2.24) is 4.72 Å². The highest BCUT2D eigenvalue weighted by Crippen LogP contribution is 2.43. The fourth-order valence-corrected chi connectivity index (χ4v) is 8.13. The van der Waals surface area contributed by atoms with Gasteiger partial charge in [-0.25, -0.2) is 13.1 Å². The molecule has 7 nitrogen and oxygen atoms in total. The first-order valence-corrected chi connectivity index (χ1v) is 16.9. The van der Waals surface area contributed by atoms with E-state index in [-0.39, 0.29) is 17.4 Å². The molecule has 0 radical (unpaired) electrons. The normalized spacial score (nSPS) is 28.9. The molecule has 0 aromatic heterocycles. The molecule has 2 aliphatic heterocycles. The van der Waals surface area contributed by atoms with Gasteiger partial charge in [-0.15, -0.1) is 0 Å². The van der Waals surface area contributed by atoms with Crippen molar-refractivity contribution in [3.63, 3.8) is 0 Å². The van der Waals surface area contributed by atoms with Crippen LogP contribution in [-0.2, 0) is 27.8 Å². The van der Waals surface area contributed by atoms with E-state index in [2.05, 4.69) is 9.62 Å². The lowest BCUT2D eigenvalue weighted by Crippen LogP contribution is -2.43. The largest absolute Gasteiger partial charge is 0.487 e. The minimum absolute atomic E-state index is 0.0225. The summed E-state index contributed by atoms with van der Waals surface area (Å²) in [7, 11) is -3.89. The van der Waals surface area contributed by atoms with Gasteiger partial charge in [0.05, 0.1) is 10.9 Å². The first kappa shape index (κ1) is 29.9. The predicted molar refractivity (Wildman–Crippen MR) is 162 cm³/mol. The Balaban J connectivity index is 1.54. The number of hydrogen-bond acceptors (Lipinski definition) is 6. The summed E-state index contributed by atoms with van der Waals surface area (Å²) < 4.78 is 35.0. The third-order valence-corrected chi connectivity index (χ3v) is 11.8. The van der Waals surface area contributed by atoms with E-state index in [0.717, 1.165) is 75.6 Å². The van der Waals surface area contributed by atoms with Crippen LogP contribution in [0.5, 0.6) is 5.75 Å². The fraction of sp³-hybridized carbons (Fsp3) is 0.562. The summed E-state index contributed by atoms with van der Waals surface area (Å²) in [6.07, 6.45) is 8.25. The second-order valence-corrected chi connectivity index (χ2v) is 14.7. The minimum Gasteiger partial charge on any atom is -0.487 e. The van der Waals surface area contributed by atoms with Crippen molar-refractivity contribution in [3.8, 4) is 5.75 Å². The van der Waals surface area contributed by atoms with E-state index in [0.29, 0.717) is 35.6 Å². The zero-order valence-electron chi connectivity index (χ0n) is 24.0. The molecule has 222 valence electrons. The van der Waals surface area contributed by atoms with Gasteiger partial charge in [-0.2, -0.15) is 0 Å². The maximum absolute atomic E-state index is 13.3. The summed E-state index contributed by atoms with van der Waals surface area (Å²) in [5.74, 6) is 0.546. The number of anilines is 1. The number of nitrogens with one attached hydrogen (secondary N) is 1. The van der Waals surface area contributed by atoms with Crippen LogP contribution in [-0.4, -0.2) is 39.0 Å². The van der Waals surface area contributed by atoms with Crippen LogP contribution in [0.15, 0.2) is 36.4 Å². The molecule has 3 aliphatic rings. The van der Waals surface area contributed by atoms with Gasteiger partial charge < -0.3 is 14.4 Å². The number of fused-ring (bicyclic) bond motifs is 3. The molecule has 5 atom stereocenters. The van der Waals surface area contributed by atoms with Gasteiger partial charge in [-0.3, -0.25) is 4.79 Å². The molecule has 1 fully saturated rings. The number of halogens is 1. The molecule has 1 saturated carbocycles. The lowest BCUT2D eigenvalue weighted by molar-refractivity contribution is -0.115. The molecule has 2 aromatic carbocycles. The van der Waals surface area contributed by atoms with E-state index in [4.69, 9.17) is 16.3 Å². The summed E-state index contributed by atoms with van der Waals surface area (Å²) in [6.45, 7) is 5.45. The summed E-state index contributed by atoms with van der Waals surface area (Å²) in [6, 6.07) is 11.1. The molecular weight excluding hydrogens is 560 g/mol. The zero-order chi connectivity index (χ0) is 29.1. The molecule has 2 heterocycles. The third-order valence-electron chi connectivity index (χ3n) is 9.62. The quantitative estimate of drug-likeness (QED) is 0.394. The molecule has 2 bridgehead atoms. The van der Waals surface area contributed by atoms with Gasteiger partial charge in [-0.1, -0.05) is 31.0 Å². The lowest BCUT2D eigenvalue weighted by Gasteiger charge is -2.43. The minimum atomic E-state index is -3.89. The highest BCUT2D eigenvalue weighted by Gasteiger charge is 2.38. The van der Waals surface area contributed by atoms with E-state index >= 15 is 0 Å². The molecule has 0 spiro atoms. The van der Waals surface area contributed by atoms with E-state index < -0.39 is 21.2 Å². The number of carbonyl (C=O) groups is 2. The van der Waals surface area contributed by atoms with Crippen molar-refractivity contribution in [2.75, 3.05) is 18.0 Å². The van der Waals surface area contributed by atoms with Crippen molar-refractivity contribution >= 4 is 39.5 Å². The number of hydrogen-bond donors (Lipinski definition) is 1. The van der Waals surface area contributed by atoms with Gasteiger partial charge in [0.2, 0.25) is 10.0 Å². The second kappa shape index (κ2) is 12.7. The molecule has 2 aromatic rings. The standard InChI is InChI=1S/C32H41ClN2O5S/c1-21-6-5-8-26(19-36)29-13-10-25(29)18-35-15-4-3-7-23-16-28(33)12-9-27(23)20-40-31-14-11-24(17-30(31)35)32(37)34-41(38,39)22(21)2/h9,11-12,14,16-17,19,21-22,25-26,29H,3-8,10,13,15,18,20H2,1-2H3,(H,34,37). The van der Waals surface area contributed by atoms with Crippen molar-refractivity contribution in [3.05, 3.63) is 58.1 Å². The number of amides is 1. The monoisotopic (exact) mass is 600 g/mol. The Hall–Kier alpha value is -2.58. The van der Waals surface area contributed by atoms with E-state index in [1.807, 2.05) is 25.1 Å². The van der Waals surface area contributed by atoms with Gasteiger partial charge in [0, 0.05) is 29.6 Å². The Morgan fingerprint density at radius 2 is 1.83 bits per heavy atom. The smallest absolute Gasteiger partial charge is 0.264 e. The second-order valence-electron chi connectivity index (χ2n) is 12.2. The third kappa shape index (κ3) is 6.75. The first-order valence-electron chi connectivity index (χ1n) is 15.0. The summed E-state index contributed by atoms with van der Waals surface area (Å²) in [5, 5.41) is -0.0288. The van der Waals surface area contributed by atoms with Crippen LogP contribution in [0, 0.1) is 23.7 Å². The SMILES string of the molecule is CC1CCCC(C=O)C2CCC2CN2CCCCc3cc(Cl)ccc3COc3ccc(cc32)C(=O)NS(=O)(=O)C1C.